The average molecular weight is 224 g/mol. The van der Waals surface area contributed by atoms with Crippen molar-refractivity contribution in [3.05, 3.63) is 16.1 Å². The molecule has 2 rings (SSSR count). The zero-order valence-corrected chi connectivity index (χ0v) is 10.8. The molecule has 1 aliphatic rings. The summed E-state index contributed by atoms with van der Waals surface area (Å²) in [7, 11) is 0. The molecule has 0 unspecified atom stereocenters. The van der Waals surface area contributed by atoms with Gasteiger partial charge in [-0.2, -0.15) is 0 Å². The highest BCUT2D eigenvalue weighted by Gasteiger charge is 2.54. The molecule has 0 spiro atoms. The first-order chi connectivity index (χ1) is 6.87. The Bertz CT molecular complexity index is 356. The van der Waals surface area contributed by atoms with Crippen LogP contribution in [0.2, 0.25) is 0 Å². The highest BCUT2D eigenvalue weighted by molar-refractivity contribution is 7.11. The summed E-state index contributed by atoms with van der Waals surface area (Å²) in [6.45, 7) is 8.65. The molecule has 0 atom stereocenters. The SMILES string of the molecule is CC(C)c1ncc(C2(C(C)(C)N)CC2)s1. The maximum Gasteiger partial charge on any atom is 0.0953 e. The normalized spacial score (nSPS) is 19.6. The van der Waals surface area contributed by atoms with Gasteiger partial charge in [-0.1, -0.05) is 13.8 Å². The number of nitrogens with zero attached hydrogens (tertiary/aromatic N) is 1. The van der Waals surface area contributed by atoms with E-state index in [9.17, 15) is 0 Å². The van der Waals surface area contributed by atoms with E-state index < -0.39 is 0 Å². The largest absolute Gasteiger partial charge is 0.325 e. The Hall–Kier alpha value is -0.410. The Balaban J connectivity index is 2.31. The van der Waals surface area contributed by atoms with Gasteiger partial charge < -0.3 is 5.73 Å². The van der Waals surface area contributed by atoms with Crippen molar-refractivity contribution in [2.75, 3.05) is 0 Å². The van der Waals surface area contributed by atoms with Crippen LogP contribution < -0.4 is 5.73 Å². The van der Waals surface area contributed by atoms with Crippen molar-refractivity contribution in [3.63, 3.8) is 0 Å². The van der Waals surface area contributed by atoms with Gasteiger partial charge >= 0.3 is 0 Å². The molecule has 0 aromatic carbocycles. The number of rotatable bonds is 3. The second-order valence-corrected chi connectivity index (χ2v) is 6.58. The van der Waals surface area contributed by atoms with E-state index in [2.05, 4.69) is 32.7 Å². The van der Waals surface area contributed by atoms with Gasteiger partial charge in [-0.25, -0.2) is 4.98 Å². The molecule has 84 valence electrons. The molecule has 0 amide bonds. The van der Waals surface area contributed by atoms with Crippen LogP contribution in [-0.4, -0.2) is 10.5 Å². The number of nitrogens with two attached hydrogens (primary N) is 1. The molecule has 1 aromatic heterocycles. The summed E-state index contributed by atoms with van der Waals surface area (Å²) in [4.78, 5) is 5.89. The molecule has 0 aliphatic heterocycles. The van der Waals surface area contributed by atoms with E-state index in [4.69, 9.17) is 5.73 Å². The van der Waals surface area contributed by atoms with Crippen LogP contribution in [0.25, 0.3) is 0 Å². The van der Waals surface area contributed by atoms with E-state index in [0.29, 0.717) is 5.92 Å². The molecule has 2 nitrogen and oxygen atoms in total. The Morgan fingerprint density at radius 2 is 2.07 bits per heavy atom. The summed E-state index contributed by atoms with van der Waals surface area (Å²) in [6.07, 6.45) is 4.48. The summed E-state index contributed by atoms with van der Waals surface area (Å²) in [5.74, 6) is 0.528. The second kappa shape index (κ2) is 3.29. The highest BCUT2D eigenvalue weighted by Crippen LogP contribution is 2.56. The lowest BCUT2D eigenvalue weighted by atomic mass is 9.84. The zero-order valence-electron chi connectivity index (χ0n) is 10.0. The van der Waals surface area contributed by atoms with Crippen LogP contribution >= 0.6 is 11.3 Å². The minimum Gasteiger partial charge on any atom is -0.325 e. The number of thiazole rings is 1. The van der Waals surface area contributed by atoms with Crippen LogP contribution in [0.3, 0.4) is 0 Å². The van der Waals surface area contributed by atoms with Crippen LogP contribution in [0.4, 0.5) is 0 Å². The van der Waals surface area contributed by atoms with Gasteiger partial charge in [0, 0.05) is 27.9 Å². The fourth-order valence-corrected chi connectivity index (χ4v) is 3.44. The Kier molecular flexibility index (Phi) is 2.43. The first kappa shape index (κ1) is 11.1. The van der Waals surface area contributed by atoms with Crippen LogP contribution in [0.1, 0.15) is 56.3 Å². The van der Waals surface area contributed by atoms with Gasteiger partial charge in [0.1, 0.15) is 0 Å². The second-order valence-electron chi connectivity index (χ2n) is 5.52. The number of hydrogen-bond acceptors (Lipinski definition) is 3. The van der Waals surface area contributed by atoms with Crippen molar-refractivity contribution in [3.8, 4) is 0 Å². The van der Waals surface area contributed by atoms with Crippen LogP contribution in [-0.2, 0) is 5.41 Å². The molecular weight excluding hydrogens is 204 g/mol. The molecule has 2 N–H and O–H groups in total. The summed E-state index contributed by atoms with van der Waals surface area (Å²) < 4.78 is 0. The molecule has 15 heavy (non-hydrogen) atoms. The summed E-state index contributed by atoms with van der Waals surface area (Å²) in [5.41, 5.74) is 6.37. The predicted molar refractivity (Wildman–Crippen MR) is 65.4 cm³/mol. The molecule has 0 radical (unpaired) electrons. The van der Waals surface area contributed by atoms with Crippen molar-refractivity contribution in [1.29, 1.82) is 0 Å². The van der Waals surface area contributed by atoms with E-state index >= 15 is 0 Å². The topological polar surface area (TPSA) is 38.9 Å². The lowest BCUT2D eigenvalue weighted by Gasteiger charge is -2.29. The first-order valence-electron chi connectivity index (χ1n) is 5.62. The summed E-state index contributed by atoms with van der Waals surface area (Å²) in [5, 5.41) is 1.24. The van der Waals surface area contributed by atoms with Gasteiger partial charge in [0.05, 0.1) is 5.01 Å². The van der Waals surface area contributed by atoms with Crippen molar-refractivity contribution in [1.82, 2.24) is 4.98 Å². The minimum absolute atomic E-state index is 0.117. The maximum absolute atomic E-state index is 6.27. The Labute approximate surface area is 95.9 Å². The molecule has 0 saturated heterocycles. The number of aromatic nitrogens is 1. The van der Waals surface area contributed by atoms with E-state index in [0.717, 1.165) is 0 Å². The third-order valence-corrected chi connectivity index (χ3v) is 4.97. The molecule has 1 aromatic rings. The third kappa shape index (κ3) is 1.72. The molecule has 1 aliphatic carbocycles. The molecule has 3 heteroatoms. The zero-order chi connectivity index (χ0) is 11.3. The van der Waals surface area contributed by atoms with Crippen LogP contribution in [0.5, 0.6) is 0 Å². The van der Waals surface area contributed by atoms with Gasteiger partial charge in [0.2, 0.25) is 0 Å². The molecule has 0 bridgehead atoms. The molecular formula is C12H20N2S. The quantitative estimate of drug-likeness (QED) is 0.857. The molecule has 1 fully saturated rings. The molecule has 1 heterocycles. The van der Waals surface area contributed by atoms with Crippen molar-refractivity contribution in [2.24, 2.45) is 5.73 Å². The van der Waals surface area contributed by atoms with Gasteiger partial charge in [0.25, 0.3) is 0 Å². The van der Waals surface area contributed by atoms with E-state index in [-0.39, 0.29) is 11.0 Å². The fraction of sp³-hybridized carbons (Fsp3) is 0.750. The van der Waals surface area contributed by atoms with E-state index in [1.54, 1.807) is 0 Å². The third-order valence-electron chi connectivity index (χ3n) is 3.47. The van der Waals surface area contributed by atoms with E-state index in [1.165, 1.54) is 22.7 Å². The highest BCUT2D eigenvalue weighted by atomic mass is 32.1. The van der Waals surface area contributed by atoms with Gasteiger partial charge in [0.15, 0.2) is 0 Å². The summed E-state index contributed by atoms with van der Waals surface area (Å²) >= 11 is 1.85. The predicted octanol–water partition coefficient (Wildman–Crippen LogP) is 3.04. The molecule has 1 saturated carbocycles. The average Bonchev–Trinajstić information content (AvgIpc) is 2.77. The minimum atomic E-state index is -0.117. The van der Waals surface area contributed by atoms with Crippen LogP contribution in [0.15, 0.2) is 6.20 Å². The standard InChI is InChI=1S/C12H20N2S/c1-8(2)10-14-7-9(15-10)12(5-6-12)11(3,4)13/h7-8H,5-6,13H2,1-4H3. The lowest BCUT2D eigenvalue weighted by Crippen LogP contribution is -2.44. The van der Waals surface area contributed by atoms with Crippen LogP contribution in [0, 0.1) is 0 Å². The monoisotopic (exact) mass is 224 g/mol. The van der Waals surface area contributed by atoms with Crippen molar-refractivity contribution >= 4 is 11.3 Å². The van der Waals surface area contributed by atoms with Gasteiger partial charge in [-0.15, -0.1) is 11.3 Å². The summed E-state index contributed by atoms with van der Waals surface area (Å²) in [6, 6.07) is 0. The fourth-order valence-electron chi connectivity index (χ4n) is 2.11. The van der Waals surface area contributed by atoms with E-state index in [1.807, 2.05) is 17.5 Å². The van der Waals surface area contributed by atoms with Gasteiger partial charge in [-0.05, 0) is 26.7 Å². The number of hydrogen-bond donors (Lipinski definition) is 1. The Morgan fingerprint density at radius 3 is 2.40 bits per heavy atom. The Morgan fingerprint density at radius 1 is 1.47 bits per heavy atom. The van der Waals surface area contributed by atoms with Crippen molar-refractivity contribution in [2.45, 2.75) is 57.4 Å². The first-order valence-corrected chi connectivity index (χ1v) is 6.43. The lowest BCUT2D eigenvalue weighted by molar-refractivity contribution is 0.396. The van der Waals surface area contributed by atoms with Gasteiger partial charge in [-0.3, -0.25) is 0 Å². The van der Waals surface area contributed by atoms with Crippen molar-refractivity contribution < 1.29 is 0 Å². The maximum atomic E-state index is 6.27. The smallest absolute Gasteiger partial charge is 0.0953 e.